The second kappa shape index (κ2) is 4.35. The highest BCUT2D eigenvalue weighted by Crippen LogP contribution is 2.22. The molecule has 0 atom stereocenters. The van der Waals surface area contributed by atoms with E-state index in [1.54, 1.807) is 18.3 Å². The lowest BCUT2D eigenvalue weighted by molar-refractivity contribution is 0.469. The third kappa shape index (κ3) is 1.83. The molecule has 0 amide bonds. The van der Waals surface area contributed by atoms with Crippen LogP contribution in [-0.4, -0.2) is 14.5 Å². The van der Waals surface area contributed by atoms with Gasteiger partial charge in [0.05, 0.1) is 11.7 Å². The van der Waals surface area contributed by atoms with Crippen LogP contribution in [0.1, 0.15) is 11.4 Å². The monoisotopic (exact) mass is 258 g/mol. The summed E-state index contributed by atoms with van der Waals surface area (Å²) in [6, 6.07) is 12.9. The maximum absolute atomic E-state index is 9.78. The summed E-state index contributed by atoms with van der Waals surface area (Å²) in [6.07, 6.45) is 2.33. The molecule has 0 aliphatic carbocycles. The third-order valence-corrected chi connectivity index (χ3v) is 3.21. The quantitative estimate of drug-likeness (QED) is 0.717. The van der Waals surface area contributed by atoms with Gasteiger partial charge in [0.2, 0.25) is 0 Å². The number of hydrogen-bond acceptors (Lipinski definition) is 2. The number of phenolic OH excluding ortho intramolecular Hbond substituents is 1. The largest absolute Gasteiger partial charge is 0.508 e. The molecule has 0 saturated carbocycles. The molecule has 4 heteroatoms. The highest BCUT2D eigenvalue weighted by molar-refractivity contribution is 6.29. The number of benzene rings is 1. The van der Waals surface area contributed by atoms with Crippen molar-refractivity contribution in [3.8, 4) is 5.75 Å². The van der Waals surface area contributed by atoms with Crippen molar-refractivity contribution in [2.24, 2.45) is 0 Å². The van der Waals surface area contributed by atoms with Gasteiger partial charge in [0.1, 0.15) is 16.7 Å². The van der Waals surface area contributed by atoms with Gasteiger partial charge in [0, 0.05) is 12.0 Å². The predicted molar refractivity (Wildman–Crippen MR) is 71.1 cm³/mol. The molecule has 3 rings (SSSR count). The molecule has 3 aromatic rings. The number of aromatic hydroxyl groups is 1. The Balaban J connectivity index is 2.09. The van der Waals surface area contributed by atoms with Crippen LogP contribution in [0.15, 0.2) is 48.7 Å². The van der Waals surface area contributed by atoms with Crippen molar-refractivity contribution in [1.82, 2.24) is 9.38 Å². The van der Waals surface area contributed by atoms with Crippen molar-refractivity contribution < 1.29 is 5.11 Å². The lowest BCUT2D eigenvalue weighted by Gasteiger charge is -2.05. The van der Waals surface area contributed by atoms with Gasteiger partial charge >= 0.3 is 0 Å². The molecule has 0 spiro atoms. The van der Waals surface area contributed by atoms with Gasteiger partial charge in [-0.2, -0.15) is 0 Å². The zero-order chi connectivity index (χ0) is 12.5. The summed E-state index contributed by atoms with van der Waals surface area (Å²) in [5.41, 5.74) is 1.79. The molecule has 0 aliphatic rings. The molecule has 0 unspecified atom stereocenters. The molecule has 0 radical (unpaired) electrons. The van der Waals surface area contributed by atoms with Crippen LogP contribution in [0, 0.1) is 0 Å². The van der Waals surface area contributed by atoms with Gasteiger partial charge in [-0.3, -0.25) is 4.40 Å². The predicted octanol–water partition coefficient (Wildman–Crippen LogP) is 3.28. The van der Waals surface area contributed by atoms with Gasteiger partial charge in [-0.15, -0.1) is 0 Å². The Kier molecular flexibility index (Phi) is 2.68. The van der Waals surface area contributed by atoms with E-state index in [2.05, 4.69) is 4.98 Å². The fourth-order valence-electron chi connectivity index (χ4n) is 2.03. The number of hydrogen-bond donors (Lipinski definition) is 1. The van der Waals surface area contributed by atoms with Crippen LogP contribution < -0.4 is 0 Å². The topological polar surface area (TPSA) is 37.5 Å². The maximum Gasteiger partial charge on any atom is 0.119 e. The van der Waals surface area contributed by atoms with Gasteiger partial charge < -0.3 is 5.11 Å². The second-order valence-corrected chi connectivity index (χ2v) is 4.48. The fourth-order valence-corrected chi connectivity index (χ4v) is 2.29. The Morgan fingerprint density at radius 1 is 1.11 bits per heavy atom. The molecule has 1 N–H and O–H groups in total. The zero-order valence-electron chi connectivity index (χ0n) is 9.55. The SMILES string of the molecule is Oc1ccccc1Cc1ncc2cccc(Cl)n12. The summed E-state index contributed by atoms with van der Waals surface area (Å²) in [5, 5.41) is 10.4. The number of aromatic nitrogens is 2. The Labute approximate surface area is 109 Å². The van der Waals surface area contributed by atoms with Crippen molar-refractivity contribution in [1.29, 1.82) is 0 Å². The third-order valence-electron chi connectivity index (χ3n) is 2.92. The fraction of sp³-hybridized carbons (Fsp3) is 0.0714. The van der Waals surface area contributed by atoms with E-state index in [9.17, 15) is 5.11 Å². The van der Waals surface area contributed by atoms with E-state index in [-0.39, 0.29) is 5.75 Å². The van der Waals surface area contributed by atoms with Crippen LogP contribution in [0.3, 0.4) is 0 Å². The number of imidazole rings is 1. The molecule has 2 heterocycles. The first kappa shape index (κ1) is 11.1. The van der Waals surface area contributed by atoms with E-state index in [0.717, 1.165) is 16.9 Å². The summed E-state index contributed by atoms with van der Waals surface area (Å²) in [4.78, 5) is 4.36. The Hall–Kier alpha value is -2.00. The Morgan fingerprint density at radius 3 is 2.78 bits per heavy atom. The van der Waals surface area contributed by atoms with Gasteiger partial charge in [-0.1, -0.05) is 35.9 Å². The second-order valence-electron chi connectivity index (χ2n) is 4.09. The molecule has 3 nitrogen and oxygen atoms in total. The number of phenols is 1. The number of fused-ring (bicyclic) bond motifs is 1. The molecule has 0 saturated heterocycles. The van der Waals surface area contributed by atoms with Crippen LogP contribution >= 0.6 is 11.6 Å². The molecule has 18 heavy (non-hydrogen) atoms. The summed E-state index contributed by atoms with van der Waals surface area (Å²) >= 11 is 6.17. The zero-order valence-corrected chi connectivity index (χ0v) is 10.3. The molecular weight excluding hydrogens is 248 g/mol. The standard InChI is InChI=1S/C14H11ClN2O/c15-13-7-3-5-11-9-16-14(17(11)13)8-10-4-1-2-6-12(10)18/h1-7,9,18H,8H2. The van der Waals surface area contributed by atoms with Gasteiger partial charge in [-0.05, 0) is 18.2 Å². The minimum Gasteiger partial charge on any atom is -0.508 e. The van der Waals surface area contributed by atoms with E-state index in [0.29, 0.717) is 11.6 Å². The molecule has 1 aromatic carbocycles. The molecule has 2 aromatic heterocycles. The molecular formula is C14H11ClN2O. The Bertz CT molecular complexity index is 706. The number of rotatable bonds is 2. The van der Waals surface area contributed by atoms with Crippen LogP contribution in [0.25, 0.3) is 5.52 Å². The minimum absolute atomic E-state index is 0.279. The summed E-state index contributed by atoms with van der Waals surface area (Å²) < 4.78 is 1.88. The number of halogens is 1. The van der Waals surface area contributed by atoms with Crippen LogP contribution in [0.2, 0.25) is 5.15 Å². The molecule has 0 bridgehead atoms. The van der Waals surface area contributed by atoms with E-state index in [4.69, 9.17) is 11.6 Å². The van der Waals surface area contributed by atoms with Gasteiger partial charge in [0.25, 0.3) is 0 Å². The normalized spacial score (nSPS) is 10.9. The Morgan fingerprint density at radius 2 is 1.94 bits per heavy atom. The summed E-state index contributed by atoms with van der Waals surface area (Å²) in [5.74, 6) is 1.10. The van der Waals surface area contributed by atoms with E-state index >= 15 is 0 Å². The molecule has 90 valence electrons. The van der Waals surface area contributed by atoms with E-state index in [1.807, 2.05) is 34.7 Å². The lowest BCUT2D eigenvalue weighted by atomic mass is 10.1. The van der Waals surface area contributed by atoms with Crippen molar-refractivity contribution in [2.45, 2.75) is 6.42 Å². The van der Waals surface area contributed by atoms with Crippen LogP contribution in [0.4, 0.5) is 0 Å². The van der Waals surface area contributed by atoms with E-state index < -0.39 is 0 Å². The minimum atomic E-state index is 0.279. The number of para-hydroxylation sites is 1. The highest BCUT2D eigenvalue weighted by atomic mass is 35.5. The number of nitrogens with zero attached hydrogens (tertiary/aromatic N) is 2. The van der Waals surface area contributed by atoms with Crippen LogP contribution in [-0.2, 0) is 6.42 Å². The average molecular weight is 259 g/mol. The van der Waals surface area contributed by atoms with Crippen molar-refractivity contribution in [3.63, 3.8) is 0 Å². The van der Waals surface area contributed by atoms with Crippen molar-refractivity contribution >= 4 is 17.1 Å². The summed E-state index contributed by atoms with van der Waals surface area (Å²) in [6.45, 7) is 0. The summed E-state index contributed by atoms with van der Waals surface area (Å²) in [7, 11) is 0. The first-order valence-electron chi connectivity index (χ1n) is 5.63. The first-order chi connectivity index (χ1) is 8.75. The smallest absolute Gasteiger partial charge is 0.119 e. The maximum atomic E-state index is 9.78. The lowest BCUT2D eigenvalue weighted by Crippen LogP contribution is -1.97. The first-order valence-corrected chi connectivity index (χ1v) is 6.01. The number of pyridine rings is 1. The van der Waals surface area contributed by atoms with Gasteiger partial charge in [0.15, 0.2) is 0 Å². The van der Waals surface area contributed by atoms with Crippen LogP contribution in [0.5, 0.6) is 5.75 Å². The molecule has 0 aliphatic heterocycles. The van der Waals surface area contributed by atoms with Gasteiger partial charge in [-0.25, -0.2) is 4.98 Å². The van der Waals surface area contributed by atoms with Crippen molar-refractivity contribution in [2.75, 3.05) is 0 Å². The highest BCUT2D eigenvalue weighted by Gasteiger charge is 2.09. The average Bonchev–Trinajstić information content (AvgIpc) is 2.77. The van der Waals surface area contributed by atoms with Crippen molar-refractivity contribution in [3.05, 3.63) is 65.2 Å². The molecule has 0 fully saturated rings. The van der Waals surface area contributed by atoms with E-state index in [1.165, 1.54) is 0 Å².